The van der Waals surface area contributed by atoms with Gasteiger partial charge >= 0.3 is 5.97 Å². The number of nitrogens with zero attached hydrogens (tertiary/aromatic N) is 3. The van der Waals surface area contributed by atoms with Crippen LogP contribution in [0.15, 0.2) is 41.9 Å². The monoisotopic (exact) mass is 350 g/mol. The SMILES string of the molecule is N#C[S-].NC1C(=O)N2C(C(=O)O)=C(C[n+]3ccccc3)CS[C@@H]12. The zero-order valence-electron chi connectivity index (χ0n) is 12.0. The molecular formula is C14H14N4O3S2. The van der Waals surface area contributed by atoms with Crippen LogP contribution >= 0.6 is 11.8 Å². The molecule has 0 aromatic carbocycles. The lowest BCUT2D eigenvalue weighted by molar-refractivity contribution is -0.689. The molecule has 3 N–H and O–H groups in total. The second kappa shape index (κ2) is 7.41. The molecule has 1 saturated heterocycles. The van der Waals surface area contributed by atoms with Gasteiger partial charge in [0.15, 0.2) is 18.9 Å². The number of carbonyl (C=O) groups is 2. The number of fused-ring (bicyclic) bond motifs is 1. The maximum absolute atomic E-state index is 11.8. The molecule has 0 bridgehead atoms. The van der Waals surface area contributed by atoms with Crippen molar-refractivity contribution in [1.82, 2.24) is 4.90 Å². The number of pyridine rings is 1. The van der Waals surface area contributed by atoms with Gasteiger partial charge in [0, 0.05) is 23.5 Å². The van der Waals surface area contributed by atoms with E-state index >= 15 is 0 Å². The summed E-state index contributed by atoms with van der Waals surface area (Å²) in [7, 11) is 0. The molecule has 1 fully saturated rings. The number of rotatable bonds is 3. The number of thioether (sulfide) groups is 1. The molecule has 1 aromatic heterocycles. The van der Waals surface area contributed by atoms with Crippen molar-refractivity contribution < 1.29 is 19.3 Å². The highest BCUT2D eigenvalue weighted by Crippen LogP contribution is 2.39. The molecule has 2 aliphatic heterocycles. The van der Waals surface area contributed by atoms with Gasteiger partial charge in [-0.25, -0.2) is 14.6 Å². The summed E-state index contributed by atoms with van der Waals surface area (Å²) < 4.78 is 1.89. The predicted molar refractivity (Wildman–Crippen MR) is 85.3 cm³/mol. The Balaban J connectivity index is 0.000000595. The molecule has 1 aromatic rings. The van der Waals surface area contributed by atoms with Crippen LogP contribution in [0, 0.1) is 10.7 Å². The summed E-state index contributed by atoms with van der Waals surface area (Å²) in [5.74, 6) is -0.802. The molecule has 1 amide bonds. The first kappa shape index (κ1) is 17.2. The summed E-state index contributed by atoms with van der Waals surface area (Å²) in [5.41, 5.74) is 6.53. The zero-order chi connectivity index (χ0) is 17.0. The summed E-state index contributed by atoms with van der Waals surface area (Å²) in [4.78, 5) is 24.6. The molecule has 3 heterocycles. The van der Waals surface area contributed by atoms with E-state index in [2.05, 4.69) is 12.6 Å². The fraction of sp³-hybridized carbons (Fsp3) is 0.286. The number of aromatic nitrogens is 1. The van der Waals surface area contributed by atoms with Crippen molar-refractivity contribution in [2.45, 2.75) is 18.0 Å². The molecule has 23 heavy (non-hydrogen) atoms. The summed E-state index contributed by atoms with van der Waals surface area (Å²) in [5, 5.41) is 17.6. The minimum atomic E-state index is -1.07. The topological polar surface area (TPSA) is 111 Å². The maximum Gasteiger partial charge on any atom is 0.352 e. The average molecular weight is 350 g/mol. The normalized spacial score (nSPS) is 22.3. The molecule has 2 atom stereocenters. The van der Waals surface area contributed by atoms with Crippen molar-refractivity contribution in [3.8, 4) is 5.40 Å². The van der Waals surface area contributed by atoms with E-state index in [-0.39, 0.29) is 17.0 Å². The first-order chi connectivity index (χ1) is 11.0. The maximum atomic E-state index is 11.8. The van der Waals surface area contributed by atoms with E-state index in [4.69, 9.17) is 11.0 Å². The Morgan fingerprint density at radius 1 is 1.52 bits per heavy atom. The first-order valence-electron chi connectivity index (χ1n) is 6.62. The third kappa shape index (κ3) is 3.44. The minimum Gasteiger partial charge on any atom is -0.696 e. The Morgan fingerprint density at radius 2 is 2.13 bits per heavy atom. The van der Waals surface area contributed by atoms with Crippen LogP contribution in [0.25, 0.3) is 0 Å². The second-order valence-corrected chi connectivity index (χ2v) is 6.12. The third-order valence-electron chi connectivity index (χ3n) is 3.44. The van der Waals surface area contributed by atoms with Crippen LogP contribution in [-0.2, 0) is 28.8 Å². The van der Waals surface area contributed by atoms with Crippen molar-refractivity contribution in [2.75, 3.05) is 5.75 Å². The molecule has 2 aliphatic rings. The lowest BCUT2D eigenvalue weighted by atomic mass is 10.0. The second-order valence-electron chi connectivity index (χ2n) is 4.83. The number of thiocyanates is 1. The van der Waals surface area contributed by atoms with Crippen molar-refractivity contribution >= 4 is 36.3 Å². The van der Waals surface area contributed by atoms with E-state index < -0.39 is 12.0 Å². The van der Waals surface area contributed by atoms with Crippen LogP contribution in [0.4, 0.5) is 0 Å². The van der Waals surface area contributed by atoms with Gasteiger partial charge in [0.2, 0.25) is 5.91 Å². The van der Waals surface area contributed by atoms with Crippen molar-refractivity contribution in [3.05, 3.63) is 41.9 Å². The van der Waals surface area contributed by atoms with E-state index in [1.165, 1.54) is 22.1 Å². The number of carboxylic acids is 1. The van der Waals surface area contributed by atoms with Crippen LogP contribution in [0.2, 0.25) is 0 Å². The van der Waals surface area contributed by atoms with E-state index in [0.29, 0.717) is 12.3 Å². The quantitative estimate of drug-likeness (QED) is 0.329. The molecule has 9 heteroatoms. The number of carbonyl (C=O) groups excluding carboxylic acids is 1. The highest BCUT2D eigenvalue weighted by Gasteiger charge is 2.52. The fourth-order valence-corrected chi connectivity index (χ4v) is 3.74. The van der Waals surface area contributed by atoms with Crippen LogP contribution in [0.3, 0.4) is 0 Å². The molecule has 0 radical (unpaired) electrons. The van der Waals surface area contributed by atoms with Gasteiger partial charge in [-0.3, -0.25) is 9.69 Å². The van der Waals surface area contributed by atoms with Gasteiger partial charge in [0.1, 0.15) is 17.1 Å². The van der Waals surface area contributed by atoms with Gasteiger partial charge < -0.3 is 23.5 Å². The Morgan fingerprint density at radius 3 is 2.70 bits per heavy atom. The van der Waals surface area contributed by atoms with E-state index in [9.17, 15) is 14.7 Å². The molecule has 3 rings (SSSR count). The number of nitrogens with two attached hydrogens (primary N) is 1. The number of hydrogen-bond acceptors (Lipinski definition) is 6. The smallest absolute Gasteiger partial charge is 0.352 e. The number of aliphatic carboxylic acids is 1. The molecule has 7 nitrogen and oxygen atoms in total. The van der Waals surface area contributed by atoms with Crippen LogP contribution < -0.4 is 10.3 Å². The van der Waals surface area contributed by atoms with Gasteiger partial charge in [-0.15, -0.1) is 11.8 Å². The van der Waals surface area contributed by atoms with E-state index in [1.54, 1.807) is 0 Å². The summed E-state index contributed by atoms with van der Waals surface area (Å²) in [6.07, 6.45) is 3.74. The minimum absolute atomic E-state index is 0.0943. The first-order valence-corrected chi connectivity index (χ1v) is 8.07. The lowest BCUT2D eigenvalue weighted by Gasteiger charge is -2.47. The Hall–Kier alpha value is -2.15. The molecular weight excluding hydrogens is 336 g/mol. The van der Waals surface area contributed by atoms with Crippen molar-refractivity contribution in [1.29, 1.82) is 5.26 Å². The van der Waals surface area contributed by atoms with Gasteiger partial charge in [0.25, 0.3) is 0 Å². The van der Waals surface area contributed by atoms with Gasteiger partial charge in [0.05, 0.1) is 0 Å². The predicted octanol–water partition coefficient (Wildman–Crippen LogP) is -0.430. The number of carboxylic acid groups (broad SMARTS) is 1. The highest BCUT2D eigenvalue weighted by molar-refractivity contribution is 8.00. The Kier molecular flexibility index (Phi) is 5.54. The molecule has 0 spiro atoms. The van der Waals surface area contributed by atoms with Gasteiger partial charge in [-0.1, -0.05) is 11.5 Å². The van der Waals surface area contributed by atoms with Crippen LogP contribution in [-0.4, -0.2) is 39.1 Å². The standard InChI is InChI=1S/C13H13N3O3S.CHNS/c14-9-11(17)16-10(13(18)19)8(7-20-12(9)16)6-15-4-2-1-3-5-15;2-1-3/h1-5,9,12H,6-7,14H2;3H/t9?,12-;/m0./s1. The largest absolute Gasteiger partial charge is 0.696 e. The Labute approximate surface area is 142 Å². The molecule has 0 aliphatic carbocycles. The fourth-order valence-electron chi connectivity index (χ4n) is 2.46. The van der Waals surface area contributed by atoms with Gasteiger partial charge in [-0.2, -0.15) is 0 Å². The van der Waals surface area contributed by atoms with Crippen LogP contribution in [0.1, 0.15) is 0 Å². The van der Waals surface area contributed by atoms with Crippen molar-refractivity contribution in [2.24, 2.45) is 5.73 Å². The van der Waals surface area contributed by atoms with Crippen molar-refractivity contribution in [3.63, 3.8) is 0 Å². The highest BCUT2D eigenvalue weighted by atomic mass is 32.2. The average Bonchev–Trinajstić information content (AvgIpc) is 2.55. The lowest BCUT2D eigenvalue weighted by Crippen LogP contribution is -2.68. The summed E-state index contributed by atoms with van der Waals surface area (Å²) in [6.45, 7) is 0.460. The molecule has 0 saturated carbocycles. The zero-order valence-corrected chi connectivity index (χ0v) is 13.6. The van der Waals surface area contributed by atoms with E-state index in [1.807, 2.05) is 35.2 Å². The number of β-lactam (4-membered cyclic amide) rings is 1. The number of hydrogen-bond donors (Lipinski definition) is 2. The summed E-state index contributed by atoms with van der Waals surface area (Å²) in [6, 6.07) is 5.07. The molecule has 1 unspecified atom stereocenters. The Bertz CT molecular complexity index is 687. The van der Waals surface area contributed by atoms with E-state index in [0.717, 1.165) is 5.57 Å². The number of nitriles is 1. The summed E-state index contributed by atoms with van der Waals surface area (Å²) >= 11 is 5.22. The molecule has 120 valence electrons. The number of amides is 1. The third-order valence-corrected chi connectivity index (χ3v) is 4.80. The van der Waals surface area contributed by atoms with Crippen LogP contribution in [0.5, 0.6) is 0 Å². The van der Waals surface area contributed by atoms with Gasteiger partial charge in [-0.05, 0) is 0 Å².